The number of nitrogens with one attached hydrogen (secondary N) is 1. The van der Waals surface area contributed by atoms with Gasteiger partial charge in [0.05, 0.1) is 0 Å². The Labute approximate surface area is 130 Å². The number of hydrogen-bond donors (Lipinski definition) is 1. The molecule has 0 heterocycles. The minimum Gasteiger partial charge on any atom is -0.381 e. The maximum Gasteiger partial charge on any atom is 0.0469 e. The highest BCUT2D eigenvalue weighted by Gasteiger charge is 2.28. The molecule has 2 rings (SSSR count). The predicted molar refractivity (Wildman–Crippen MR) is 89.6 cm³/mol. The highest BCUT2D eigenvalue weighted by molar-refractivity contribution is 5.33. The van der Waals surface area contributed by atoms with Crippen LogP contribution < -0.4 is 5.32 Å². The van der Waals surface area contributed by atoms with Gasteiger partial charge in [-0.25, -0.2) is 0 Å². The molecular weight excluding hydrogens is 258 g/mol. The monoisotopic (exact) mass is 289 g/mol. The van der Waals surface area contributed by atoms with E-state index in [1.165, 1.54) is 36.8 Å². The maximum absolute atomic E-state index is 5.83. The number of hydrogen-bond acceptors (Lipinski definition) is 2. The standard InChI is InChI=1S/C19H31NO/c1-4-20-19-17(12-14-21-13-11-15(2)3)10-9-16-7-5-6-8-18(16)19/h5-8,15,17,19-20H,4,9-14H2,1-3H3. The first-order chi connectivity index (χ1) is 10.2. The van der Waals surface area contributed by atoms with E-state index in [0.717, 1.165) is 25.7 Å². The first-order valence-corrected chi connectivity index (χ1v) is 8.61. The van der Waals surface area contributed by atoms with Crippen molar-refractivity contribution < 1.29 is 4.74 Å². The summed E-state index contributed by atoms with van der Waals surface area (Å²) in [6.45, 7) is 9.55. The van der Waals surface area contributed by atoms with E-state index in [9.17, 15) is 0 Å². The molecule has 0 spiro atoms. The van der Waals surface area contributed by atoms with Crippen molar-refractivity contribution in [3.63, 3.8) is 0 Å². The molecule has 21 heavy (non-hydrogen) atoms. The van der Waals surface area contributed by atoms with E-state index >= 15 is 0 Å². The summed E-state index contributed by atoms with van der Waals surface area (Å²) >= 11 is 0. The molecule has 0 bridgehead atoms. The van der Waals surface area contributed by atoms with Crippen LogP contribution in [-0.2, 0) is 11.2 Å². The summed E-state index contributed by atoms with van der Waals surface area (Å²) in [6.07, 6.45) is 4.84. The van der Waals surface area contributed by atoms with E-state index in [1.807, 2.05) is 0 Å². The van der Waals surface area contributed by atoms with Gasteiger partial charge in [0.15, 0.2) is 0 Å². The molecule has 1 aromatic carbocycles. The molecule has 1 aliphatic carbocycles. The Morgan fingerprint density at radius 3 is 2.81 bits per heavy atom. The van der Waals surface area contributed by atoms with Crippen molar-refractivity contribution in [1.29, 1.82) is 0 Å². The summed E-state index contributed by atoms with van der Waals surface area (Å²) in [6, 6.07) is 9.43. The maximum atomic E-state index is 5.83. The molecule has 0 aromatic heterocycles. The molecule has 0 saturated heterocycles. The van der Waals surface area contributed by atoms with Gasteiger partial charge in [-0.2, -0.15) is 0 Å². The van der Waals surface area contributed by atoms with Crippen LogP contribution in [0.5, 0.6) is 0 Å². The van der Waals surface area contributed by atoms with Gasteiger partial charge in [0.25, 0.3) is 0 Å². The fraction of sp³-hybridized carbons (Fsp3) is 0.684. The average Bonchev–Trinajstić information content (AvgIpc) is 2.48. The van der Waals surface area contributed by atoms with Crippen molar-refractivity contribution >= 4 is 0 Å². The molecule has 0 fully saturated rings. The molecule has 0 radical (unpaired) electrons. The molecule has 0 aliphatic heterocycles. The predicted octanol–water partition coefficient (Wildman–Crippen LogP) is 4.35. The van der Waals surface area contributed by atoms with Gasteiger partial charge in [-0.1, -0.05) is 45.0 Å². The molecule has 1 aliphatic rings. The normalized spacial score (nSPS) is 21.5. The van der Waals surface area contributed by atoms with E-state index in [4.69, 9.17) is 4.74 Å². The van der Waals surface area contributed by atoms with Gasteiger partial charge in [-0.05, 0) is 55.2 Å². The minimum absolute atomic E-state index is 0.508. The number of aryl methyl sites for hydroxylation is 1. The Bertz CT molecular complexity index is 416. The second-order valence-corrected chi connectivity index (χ2v) is 6.62. The summed E-state index contributed by atoms with van der Waals surface area (Å²) in [5.74, 6) is 1.44. The van der Waals surface area contributed by atoms with Gasteiger partial charge in [-0.15, -0.1) is 0 Å². The highest BCUT2D eigenvalue weighted by Crippen LogP contribution is 2.36. The Kier molecular flexibility index (Phi) is 6.72. The van der Waals surface area contributed by atoms with Gasteiger partial charge in [0, 0.05) is 19.3 Å². The summed E-state index contributed by atoms with van der Waals surface area (Å²) in [7, 11) is 0. The number of fused-ring (bicyclic) bond motifs is 1. The van der Waals surface area contributed by atoms with Crippen molar-refractivity contribution in [3.8, 4) is 0 Å². The molecule has 2 atom stereocenters. The molecule has 1 N–H and O–H groups in total. The SMILES string of the molecule is CCNC1c2ccccc2CCC1CCOCCC(C)C. The van der Waals surface area contributed by atoms with Gasteiger partial charge in [0.1, 0.15) is 0 Å². The van der Waals surface area contributed by atoms with Crippen molar-refractivity contribution in [2.24, 2.45) is 11.8 Å². The molecular formula is C19H31NO. The molecule has 0 saturated carbocycles. The van der Waals surface area contributed by atoms with Crippen LogP contribution in [-0.4, -0.2) is 19.8 Å². The zero-order chi connectivity index (χ0) is 15.1. The Hall–Kier alpha value is -0.860. The zero-order valence-electron chi connectivity index (χ0n) is 13.9. The first kappa shape index (κ1) is 16.5. The molecule has 1 aromatic rings. The van der Waals surface area contributed by atoms with E-state index in [1.54, 1.807) is 0 Å². The fourth-order valence-corrected chi connectivity index (χ4v) is 3.29. The number of ether oxygens (including phenoxy) is 1. The number of rotatable bonds is 8. The van der Waals surface area contributed by atoms with Crippen LogP contribution in [0.1, 0.15) is 57.2 Å². The van der Waals surface area contributed by atoms with Gasteiger partial charge < -0.3 is 10.1 Å². The Morgan fingerprint density at radius 1 is 1.24 bits per heavy atom. The van der Waals surface area contributed by atoms with Crippen molar-refractivity contribution in [1.82, 2.24) is 5.32 Å². The molecule has 2 heteroatoms. The molecule has 0 amide bonds. The van der Waals surface area contributed by atoms with Crippen LogP contribution in [0.4, 0.5) is 0 Å². The minimum atomic E-state index is 0.508. The lowest BCUT2D eigenvalue weighted by molar-refractivity contribution is 0.102. The van der Waals surface area contributed by atoms with Crippen LogP contribution in [0.2, 0.25) is 0 Å². The summed E-state index contributed by atoms with van der Waals surface area (Å²) in [5, 5.41) is 3.69. The molecule has 2 unspecified atom stereocenters. The largest absolute Gasteiger partial charge is 0.381 e. The summed E-state index contributed by atoms with van der Waals surface area (Å²) in [4.78, 5) is 0. The third kappa shape index (κ3) is 4.82. The van der Waals surface area contributed by atoms with Gasteiger partial charge in [0.2, 0.25) is 0 Å². The van der Waals surface area contributed by atoms with Crippen LogP contribution in [0.15, 0.2) is 24.3 Å². The second-order valence-electron chi connectivity index (χ2n) is 6.62. The van der Waals surface area contributed by atoms with Crippen molar-refractivity contribution in [3.05, 3.63) is 35.4 Å². The van der Waals surface area contributed by atoms with Gasteiger partial charge >= 0.3 is 0 Å². The van der Waals surface area contributed by atoms with Gasteiger partial charge in [-0.3, -0.25) is 0 Å². The third-order valence-corrected chi connectivity index (χ3v) is 4.54. The van der Waals surface area contributed by atoms with Crippen LogP contribution in [0.25, 0.3) is 0 Å². The lowest BCUT2D eigenvalue weighted by Crippen LogP contribution is -2.33. The van der Waals surface area contributed by atoms with E-state index in [0.29, 0.717) is 12.0 Å². The topological polar surface area (TPSA) is 21.3 Å². The smallest absolute Gasteiger partial charge is 0.0469 e. The third-order valence-electron chi connectivity index (χ3n) is 4.54. The molecule has 118 valence electrons. The second kappa shape index (κ2) is 8.55. The quantitative estimate of drug-likeness (QED) is 0.718. The number of benzene rings is 1. The fourth-order valence-electron chi connectivity index (χ4n) is 3.29. The highest BCUT2D eigenvalue weighted by atomic mass is 16.5. The molecule has 2 nitrogen and oxygen atoms in total. The van der Waals surface area contributed by atoms with E-state index in [-0.39, 0.29) is 0 Å². The zero-order valence-corrected chi connectivity index (χ0v) is 13.9. The van der Waals surface area contributed by atoms with Crippen LogP contribution in [0.3, 0.4) is 0 Å². The average molecular weight is 289 g/mol. The van der Waals surface area contributed by atoms with Crippen LogP contribution >= 0.6 is 0 Å². The lowest BCUT2D eigenvalue weighted by atomic mass is 9.78. The van der Waals surface area contributed by atoms with Crippen molar-refractivity contribution in [2.75, 3.05) is 19.8 Å². The Balaban J connectivity index is 1.87. The van der Waals surface area contributed by atoms with E-state index in [2.05, 4.69) is 50.4 Å². The van der Waals surface area contributed by atoms with Crippen molar-refractivity contribution in [2.45, 2.75) is 52.5 Å². The first-order valence-electron chi connectivity index (χ1n) is 8.61. The Morgan fingerprint density at radius 2 is 2.05 bits per heavy atom. The van der Waals surface area contributed by atoms with Crippen LogP contribution in [0, 0.1) is 11.8 Å². The van der Waals surface area contributed by atoms with E-state index < -0.39 is 0 Å². The lowest BCUT2D eigenvalue weighted by Gasteiger charge is -2.34. The summed E-state index contributed by atoms with van der Waals surface area (Å²) < 4.78 is 5.83. The summed E-state index contributed by atoms with van der Waals surface area (Å²) in [5.41, 5.74) is 3.04.